The molecule has 0 N–H and O–H groups in total. The zero-order valence-electron chi connectivity index (χ0n) is 12.0. The van der Waals surface area contributed by atoms with E-state index >= 15 is 0 Å². The van der Waals surface area contributed by atoms with Gasteiger partial charge in [-0.25, -0.2) is 9.37 Å². The van der Waals surface area contributed by atoms with Crippen LogP contribution in [0.2, 0.25) is 0 Å². The van der Waals surface area contributed by atoms with Crippen molar-refractivity contribution in [2.24, 2.45) is 0 Å². The number of benzene rings is 1. The number of thiazole rings is 1. The fourth-order valence-electron chi connectivity index (χ4n) is 2.01. The van der Waals surface area contributed by atoms with E-state index in [0.29, 0.717) is 0 Å². The molecule has 4 heteroatoms. The molecule has 1 nitrogen and oxygen atoms in total. The monoisotopic (exact) mass is 355 g/mol. The van der Waals surface area contributed by atoms with Crippen molar-refractivity contribution in [1.82, 2.24) is 4.98 Å². The Morgan fingerprint density at radius 2 is 2.00 bits per heavy atom. The molecule has 0 saturated carbocycles. The zero-order valence-corrected chi connectivity index (χ0v) is 14.4. The molecule has 0 amide bonds. The van der Waals surface area contributed by atoms with Gasteiger partial charge in [0.05, 0.1) is 10.7 Å². The highest BCUT2D eigenvalue weighted by Crippen LogP contribution is 2.29. The predicted octanol–water partition coefficient (Wildman–Crippen LogP) is 5.30. The summed E-state index contributed by atoms with van der Waals surface area (Å²) in [6.45, 7) is 6.47. The fraction of sp³-hybridized carbons (Fsp3) is 0.438. The van der Waals surface area contributed by atoms with Gasteiger partial charge in [0, 0.05) is 28.5 Å². The first kappa shape index (κ1) is 15.6. The topological polar surface area (TPSA) is 12.9 Å². The van der Waals surface area contributed by atoms with E-state index in [1.54, 1.807) is 17.4 Å². The third-order valence-electron chi connectivity index (χ3n) is 3.27. The van der Waals surface area contributed by atoms with Crippen LogP contribution in [0, 0.1) is 5.82 Å². The average Bonchev–Trinajstić information content (AvgIpc) is 2.85. The van der Waals surface area contributed by atoms with E-state index in [1.165, 1.54) is 6.07 Å². The van der Waals surface area contributed by atoms with Crippen LogP contribution in [0.25, 0.3) is 0 Å². The van der Waals surface area contributed by atoms with E-state index in [2.05, 4.69) is 42.1 Å². The molecule has 0 aliphatic heterocycles. The Kier molecular flexibility index (Phi) is 4.97. The van der Waals surface area contributed by atoms with E-state index in [0.717, 1.165) is 28.0 Å². The minimum atomic E-state index is -0.135. The van der Waals surface area contributed by atoms with Crippen molar-refractivity contribution in [3.63, 3.8) is 0 Å². The van der Waals surface area contributed by atoms with Gasteiger partial charge in [-0.1, -0.05) is 54.9 Å². The normalized spacial score (nSPS) is 13.4. The van der Waals surface area contributed by atoms with Crippen LogP contribution in [-0.2, 0) is 11.8 Å². The summed E-state index contributed by atoms with van der Waals surface area (Å²) in [6, 6.07) is 6.99. The number of halogens is 2. The van der Waals surface area contributed by atoms with Crippen molar-refractivity contribution in [2.75, 3.05) is 5.33 Å². The molecule has 1 atom stereocenters. The van der Waals surface area contributed by atoms with Crippen molar-refractivity contribution in [2.45, 2.75) is 38.5 Å². The minimum Gasteiger partial charge on any atom is -0.246 e. The minimum absolute atomic E-state index is 0.0661. The number of nitrogens with zero attached hydrogens (tertiary/aromatic N) is 1. The van der Waals surface area contributed by atoms with Crippen LogP contribution in [0.5, 0.6) is 0 Å². The Labute approximate surface area is 132 Å². The van der Waals surface area contributed by atoms with Crippen molar-refractivity contribution >= 4 is 27.3 Å². The van der Waals surface area contributed by atoms with Crippen LogP contribution in [0.4, 0.5) is 4.39 Å². The van der Waals surface area contributed by atoms with Gasteiger partial charge in [-0.3, -0.25) is 0 Å². The van der Waals surface area contributed by atoms with Gasteiger partial charge in [0.25, 0.3) is 0 Å². The molecule has 2 rings (SSSR count). The summed E-state index contributed by atoms with van der Waals surface area (Å²) in [5, 5.41) is 3.92. The van der Waals surface area contributed by atoms with Crippen molar-refractivity contribution in [1.29, 1.82) is 0 Å². The second-order valence-corrected chi connectivity index (χ2v) is 7.54. The highest BCUT2D eigenvalue weighted by molar-refractivity contribution is 9.09. The molecule has 0 spiro atoms. The summed E-state index contributed by atoms with van der Waals surface area (Å²) < 4.78 is 13.9. The lowest BCUT2D eigenvalue weighted by Gasteiger charge is -2.15. The Morgan fingerprint density at radius 3 is 2.55 bits per heavy atom. The summed E-state index contributed by atoms with van der Waals surface area (Å²) >= 11 is 5.17. The molecule has 0 saturated heterocycles. The predicted molar refractivity (Wildman–Crippen MR) is 87.5 cm³/mol. The van der Waals surface area contributed by atoms with Gasteiger partial charge in [-0.2, -0.15) is 0 Å². The molecule has 2 aromatic rings. The van der Waals surface area contributed by atoms with Crippen LogP contribution < -0.4 is 0 Å². The lowest BCUT2D eigenvalue weighted by atomic mass is 9.93. The van der Waals surface area contributed by atoms with Gasteiger partial charge in [-0.05, 0) is 11.6 Å². The summed E-state index contributed by atoms with van der Waals surface area (Å²) in [6.07, 6.45) is 0.771. The highest BCUT2D eigenvalue weighted by Gasteiger charge is 2.20. The maximum absolute atomic E-state index is 13.9. The molecule has 0 aliphatic rings. The standard InChI is InChI=1S/C16H19BrFNS/c1-16(2,3)14-10-20-15(19-14)8-11(9-17)12-6-4-5-7-13(12)18/h4-7,10-11H,8-9H2,1-3H3. The summed E-state index contributed by atoms with van der Waals surface area (Å²) in [5.74, 6) is -0.0141. The summed E-state index contributed by atoms with van der Waals surface area (Å²) in [4.78, 5) is 4.70. The summed E-state index contributed by atoms with van der Waals surface area (Å²) in [5.41, 5.74) is 1.94. The maximum Gasteiger partial charge on any atom is 0.126 e. The molecule has 0 fully saturated rings. The average molecular weight is 356 g/mol. The third-order valence-corrected chi connectivity index (χ3v) is 4.93. The molecule has 108 valence electrons. The smallest absolute Gasteiger partial charge is 0.126 e. The second-order valence-electron chi connectivity index (χ2n) is 5.95. The first-order chi connectivity index (χ1) is 9.41. The molecule has 1 heterocycles. The van der Waals surface area contributed by atoms with Crippen molar-refractivity contribution in [3.05, 3.63) is 51.7 Å². The van der Waals surface area contributed by atoms with Gasteiger partial charge < -0.3 is 0 Å². The number of aromatic nitrogens is 1. The lowest BCUT2D eigenvalue weighted by Crippen LogP contribution is -2.12. The first-order valence-electron chi connectivity index (χ1n) is 6.67. The highest BCUT2D eigenvalue weighted by atomic mass is 79.9. The van der Waals surface area contributed by atoms with Crippen LogP contribution in [0.15, 0.2) is 29.6 Å². The Morgan fingerprint density at radius 1 is 1.30 bits per heavy atom. The quantitative estimate of drug-likeness (QED) is 0.678. The molecule has 20 heavy (non-hydrogen) atoms. The Hall–Kier alpha value is -0.740. The fourth-order valence-corrected chi connectivity index (χ4v) is 3.69. The number of rotatable bonds is 4. The molecular weight excluding hydrogens is 337 g/mol. The maximum atomic E-state index is 13.9. The molecule has 1 aromatic carbocycles. The molecule has 0 bridgehead atoms. The van der Waals surface area contributed by atoms with Gasteiger partial charge in [0.2, 0.25) is 0 Å². The second kappa shape index (κ2) is 6.35. The molecule has 0 radical (unpaired) electrons. The van der Waals surface area contributed by atoms with E-state index in [4.69, 9.17) is 4.98 Å². The van der Waals surface area contributed by atoms with Crippen LogP contribution in [0.1, 0.15) is 43.0 Å². The number of hydrogen-bond donors (Lipinski definition) is 0. The van der Waals surface area contributed by atoms with Gasteiger partial charge >= 0.3 is 0 Å². The third kappa shape index (κ3) is 3.67. The van der Waals surface area contributed by atoms with Gasteiger partial charge in [0.1, 0.15) is 5.82 Å². The van der Waals surface area contributed by atoms with E-state index in [1.807, 2.05) is 12.1 Å². The largest absolute Gasteiger partial charge is 0.246 e. The molecule has 1 unspecified atom stereocenters. The summed E-state index contributed by atoms with van der Waals surface area (Å²) in [7, 11) is 0. The SMILES string of the molecule is CC(C)(C)c1csc(CC(CBr)c2ccccc2F)n1. The number of alkyl halides is 1. The van der Waals surface area contributed by atoms with Crippen LogP contribution in [0.3, 0.4) is 0 Å². The van der Waals surface area contributed by atoms with Crippen LogP contribution in [-0.4, -0.2) is 10.3 Å². The van der Waals surface area contributed by atoms with Gasteiger partial charge in [0.15, 0.2) is 0 Å². The van der Waals surface area contributed by atoms with Crippen LogP contribution >= 0.6 is 27.3 Å². The molecule has 1 aromatic heterocycles. The lowest BCUT2D eigenvalue weighted by molar-refractivity contribution is 0.567. The Bertz CT molecular complexity index is 574. The van der Waals surface area contributed by atoms with E-state index in [9.17, 15) is 4.39 Å². The Balaban J connectivity index is 2.19. The molecular formula is C16H19BrFNS. The first-order valence-corrected chi connectivity index (χ1v) is 8.67. The zero-order chi connectivity index (χ0) is 14.8. The molecule has 0 aliphatic carbocycles. The number of hydrogen-bond acceptors (Lipinski definition) is 2. The van der Waals surface area contributed by atoms with Crippen molar-refractivity contribution < 1.29 is 4.39 Å². The van der Waals surface area contributed by atoms with E-state index in [-0.39, 0.29) is 17.2 Å². The van der Waals surface area contributed by atoms with Gasteiger partial charge in [-0.15, -0.1) is 11.3 Å². The van der Waals surface area contributed by atoms with Crippen molar-refractivity contribution in [3.8, 4) is 0 Å². The van der Waals surface area contributed by atoms with E-state index < -0.39 is 0 Å².